The zero-order valence-electron chi connectivity index (χ0n) is 13.3. The molecule has 4 nitrogen and oxygen atoms in total. The first-order valence-corrected chi connectivity index (χ1v) is 8.31. The van der Waals surface area contributed by atoms with Gasteiger partial charge in [-0.15, -0.1) is 0 Å². The summed E-state index contributed by atoms with van der Waals surface area (Å²) < 4.78 is 13.9. The standard InChI is InChI=1S/C18H19ClFN3O/c1-11(13-4-2-3-5-16(13)20)23-18(24)15-10-21-9-14(15)17-7-6-12(19)8-22-17/h2-8,11,14-15,21H,9-10H2,1H3,(H,23,24)/t11-,14+,15+/m0/s1. The molecule has 1 aromatic heterocycles. The van der Waals surface area contributed by atoms with Gasteiger partial charge in [-0.1, -0.05) is 29.8 Å². The van der Waals surface area contributed by atoms with Crippen LogP contribution in [-0.2, 0) is 4.79 Å². The molecule has 1 fully saturated rings. The van der Waals surface area contributed by atoms with Gasteiger partial charge in [-0.05, 0) is 25.1 Å². The normalized spacial score (nSPS) is 21.5. The third-order valence-electron chi connectivity index (χ3n) is 4.41. The Hall–Kier alpha value is -1.98. The van der Waals surface area contributed by atoms with Gasteiger partial charge in [0.25, 0.3) is 0 Å². The van der Waals surface area contributed by atoms with Crippen LogP contribution in [0.5, 0.6) is 0 Å². The molecule has 1 aliphatic heterocycles. The number of nitrogens with zero attached hydrogens (tertiary/aromatic N) is 1. The van der Waals surface area contributed by atoms with E-state index in [9.17, 15) is 9.18 Å². The fourth-order valence-electron chi connectivity index (χ4n) is 3.10. The number of nitrogens with one attached hydrogen (secondary N) is 2. The van der Waals surface area contributed by atoms with Crippen LogP contribution in [0.1, 0.15) is 30.1 Å². The molecule has 24 heavy (non-hydrogen) atoms. The lowest BCUT2D eigenvalue weighted by Gasteiger charge is -2.21. The molecular formula is C18H19ClFN3O. The Morgan fingerprint density at radius 1 is 1.33 bits per heavy atom. The van der Waals surface area contributed by atoms with E-state index >= 15 is 0 Å². The summed E-state index contributed by atoms with van der Waals surface area (Å²) >= 11 is 5.88. The molecule has 3 rings (SSSR count). The van der Waals surface area contributed by atoms with Crippen molar-refractivity contribution in [1.29, 1.82) is 0 Å². The van der Waals surface area contributed by atoms with Gasteiger partial charge in [0.05, 0.1) is 17.0 Å². The van der Waals surface area contributed by atoms with Crippen molar-refractivity contribution in [3.63, 3.8) is 0 Å². The highest BCUT2D eigenvalue weighted by atomic mass is 35.5. The Morgan fingerprint density at radius 3 is 2.83 bits per heavy atom. The molecule has 3 atom stereocenters. The van der Waals surface area contributed by atoms with E-state index in [1.54, 1.807) is 37.4 Å². The quantitative estimate of drug-likeness (QED) is 0.893. The van der Waals surface area contributed by atoms with E-state index in [1.807, 2.05) is 6.07 Å². The summed E-state index contributed by atoms with van der Waals surface area (Å²) in [7, 11) is 0. The number of hydrogen-bond donors (Lipinski definition) is 2. The molecule has 1 saturated heterocycles. The second kappa shape index (κ2) is 7.28. The molecule has 0 radical (unpaired) electrons. The van der Waals surface area contributed by atoms with Gasteiger partial charge in [-0.25, -0.2) is 4.39 Å². The maximum atomic E-state index is 13.9. The van der Waals surface area contributed by atoms with Crippen LogP contribution in [0.15, 0.2) is 42.6 Å². The van der Waals surface area contributed by atoms with E-state index < -0.39 is 6.04 Å². The first kappa shape index (κ1) is 16.9. The molecule has 1 aliphatic rings. The molecular weight excluding hydrogens is 329 g/mol. The first-order valence-electron chi connectivity index (χ1n) is 7.93. The summed E-state index contributed by atoms with van der Waals surface area (Å²) in [6, 6.07) is 9.72. The summed E-state index contributed by atoms with van der Waals surface area (Å²) in [5, 5.41) is 6.72. The van der Waals surface area contributed by atoms with Crippen molar-refractivity contribution < 1.29 is 9.18 Å². The number of hydrogen-bond acceptors (Lipinski definition) is 3. The molecule has 0 saturated carbocycles. The number of carbonyl (C=O) groups is 1. The average molecular weight is 348 g/mol. The molecule has 2 aromatic rings. The number of pyridine rings is 1. The van der Waals surface area contributed by atoms with Crippen LogP contribution in [0.4, 0.5) is 4.39 Å². The number of carbonyl (C=O) groups excluding carboxylic acids is 1. The summed E-state index contributed by atoms with van der Waals surface area (Å²) in [4.78, 5) is 17.0. The van der Waals surface area contributed by atoms with Gasteiger partial charge in [-0.3, -0.25) is 9.78 Å². The van der Waals surface area contributed by atoms with E-state index in [0.717, 1.165) is 5.69 Å². The predicted octanol–water partition coefficient (Wildman–Crippen LogP) is 3.05. The minimum atomic E-state index is -0.391. The van der Waals surface area contributed by atoms with Crippen LogP contribution >= 0.6 is 11.6 Å². The Balaban J connectivity index is 1.72. The largest absolute Gasteiger partial charge is 0.349 e. The number of rotatable bonds is 4. The summed E-state index contributed by atoms with van der Waals surface area (Å²) in [5.41, 5.74) is 1.32. The number of aromatic nitrogens is 1. The van der Waals surface area contributed by atoms with Gasteiger partial charge < -0.3 is 10.6 Å². The minimum Gasteiger partial charge on any atom is -0.349 e. The maximum Gasteiger partial charge on any atom is 0.225 e. The molecule has 0 aliphatic carbocycles. The lowest BCUT2D eigenvalue weighted by Crippen LogP contribution is -2.36. The summed E-state index contributed by atoms with van der Waals surface area (Å²) in [6.45, 7) is 3.04. The third kappa shape index (κ3) is 3.57. The van der Waals surface area contributed by atoms with Crippen molar-refractivity contribution in [3.05, 3.63) is 64.7 Å². The highest BCUT2D eigenvalue weighted by molar-refractivity contribution is 6.30. The molecule has 126 valence electrons. The number of halogens is 2. The van der Waals surface area contributed by atoms with Gasteiger partial charge in [0.2, 0.25) is 5.91 Å². The predicted molar refractivity (Wildman–Crippen MR) is 91.3 cm³/mol. The van der Waals surface area contributed by atoms with Crippen molar-refractivity contribution in [2.24, 2.45) is 5.92 Å². The third-order valence-corrected chi connectivity index (χ3v) is 4.64. The molecule has 1 amide bonds. The van der Waals surface area contributed by atoms with Crippen molar-refractivity contribution in [2.75, 3.05) is 13.1 Å². The summed E-state index contributed by atoms with van der Waals surface area (Å²) in [5.74, 6) is -0.675. The second-order valence-corrected chi connectivity index (χ2v) is 6.46. The van der Waals surface area contributed by atoms with Gasteiger partial charge >= 0.3 is 0 Å². The zero-order valence-corrected chi connectivity index (χ0v) is 14.1. The van der Waals surface area contributed by atoms with Crippen molar-refractivity contribution in [1.82, 2.24) is 15.6 Å². The smallest absolute Gasteiger partial charge is 0.225 e. The van der Waals surface area contributed by atoms with Gasteiger partial charge in [-0.2, -0.15) is 0 Å². The molecule has 1 aromatic carbocycles. The lowest BCUT2D eigenvalue weighted by molar-refractivity contribution is -0.125. The molecule has 0 unspecified atom stereocenters. The Morgan fingerprint density at radius 2 is 2.12 bits per heavy atom. The highest BCUT2D eigenvalue weighted by Crippen LogP contribution is 2.28. The molecule has 0 spiro atoms. The van der Waals surface area contributed by atoms with Crippen molar-refractivity contribution in [2.45, 2.75) is 18.9 Å². The molecule has 2 heterocycles. The van der Waals surface area contributed by atoms with E-state index in [4.69, 9.17) is 11.6 Å². The van der Waals surface area contributed by atoms with Crippen molar-refractivity contribution >= 4 is 17.5 Å². The van der Waals surface area contributed by atoms with Gasteiger partial charge in [0.15, 0.2) is 0 Å². The highest BCUT2D eigenvalue weighted by Gasteiger charge is 2.35. The van der Waals surface area contributed by atoms with Crippen LogP contribution in [0.2, 0.25) is 5.02 Å². The fraction of sp³-hybridized carbons (Fsp3) is 0.333. The van der Waals surface area contributed by atoms with E-state index in [0.29, 0.717) is 23.7 Å². The van der Waals surface area contributed by atoms with E-state index in [-0.39, 0.29) is 23.6 Å². The Labute approximate surface area is 145 Å². The topological polar surface area (TPSA) is 54.0 Å². The van der Waals surface area contributed by atoms with Crippen LogP contribution in [0.25, 0.3) is 0 Å². The molecule has 2 N–H and O–H groups in total. The Bertz CT molecular complexity index is 722. The van der Waals surface area contributed by atoms with Gasteiger partial charge in [0.1, 0.15) is 5.82 Å². The molecule has 6 heteroatoms. The van der Waals surface area contributed by atoms with Gasteiger partial charge in [0, 0.05) is 36.5 Å². The van der Waals surface area contributed by atoms with Crippen LogP contribution in [0, 0.1) is 11.7 Å². The maximum absolute atomic E-state index is 13.9. The summed E-state index contributed by atoms with van der Waals surface area (Å²) in [6.07, 6.45) is 1.59. The second-order valence-electron chi connectivity index (χ2n) is 6.02. The zero-order chi connectivity index (χ0) is 17.1. The lowest BCUT2D eigenvalue weighted by atomic mass is 9.91. The average Bonchev–Trinajstić information content (AvgIpc) is 3.05. The Kier molecular flexibility index (Phi) is 5.11. The minimum absolute atomic E-state index is 0.0184. The van der Waals surface area contributed by atoms with E-state index in [2.05, 4.69) is 15.6 Å². The first-order chi connectivity index (χ1) is 11.6. The van der Waals surface area contributed by atoms with E-state index in [1.165, 1.54) is 6.07 Å². The van der Waals surface area contributed by atoms with Crippen LogP contribution in [0.3, 0.4) is 0 Å². The van der Waals surface area contributed by atoms with Crippen LogP contribution in [-0.4, -0.2) is 24.0 Å². The molecule has 0 bridgehead atoms. The number of benzene rings is 1. The number of amides is 1. The SMILES string of the molecule is C[C@H](NC(=O)[C@@H]1CNC[C@H]1c1ccc(Cl)cn1)c1ccccc1F. The fourth-order valence-corrected chi connectivity index (χ4v) is 3.21. The van der Waals surface area contributed by atoms with Crippen LogP contribution < -0.4 is 10.6 Å². The van der Waals surface area contributed by atoms with Crippen molar-refractivity contribution in [3.8, 4) is 0 Å². The monoisotopic (exact) mass is 347 g/mol.